The molecule has 2 rings (SSSR count). The number of morpholine rings is 1. The molecule has 80 valence electrons. The second kappa shape index (κ2) is 5.78. The first kappa shape index (κ1) is 11.2. The summed E-state index contributed by atoms with van der Waals surface area (Å²) in [5.41, 5.74) is 1.07. The zero-order valence-corrected chi connectivity index (χ0v) is 9.23. The van der Waals surface area contributed by atoms with Crippen LogP contribution in [0.2, 0.25) is 0 Å². The molecule has 0 radical (unpaired) electrons. The maximum absolute atomic E-state index is 5.10. The summed E-state index contributed by atoms with van der Waals surface area (Å²) in [6.45, 7) is 5.99. The second-order valence-corrected chi connectivity index (χ2v) is 3.60. The Labute approximate surface area is 85.5 Å². The average molecular weight is 197 g/mol. The predicted octanol–water partition coefficient (Wildman–Crippen LogP) is 0.677. The van der Waals surface area contributed by atoms with E-state index < -0.39 is 0 Å². The molecule has 1 aromatic rings. The van der Waals surface area contributed by atoms with Crippen molar-refractivity contribution >= 4 is 0 Å². The Morgan fingerprint density at radius 2 is 1.93 bits per heavy atom. The number of nitrogens with zero attached hydrogens (tertiary/aromatic N) is 3. The van der Waals surface area contributed by atoms with Crippen molar-refractivity contribution in [3.8, 4) is 0 Å². The predicted molar refractivity (Wildman–Crippen MR) is 56.3 cm³/mol. The third-order valence-electron chi connectivity index (χ3n) is 2.07. The highest BCUT2D eigenvalue weighted by atomic mass is 16.5. The molecule has 0 aliphatic carbocycles. The minimum atomic E-state index is 0.913. The highest BCUT2D eigenvalue weighted by Crippen LogP contribution is 1.89. The molecule has 1 fully saturated rings. The van der Waals surface area contributed by atoms with Crippen molar-refractivity contribution in [3.05, 3.63) is 18.2 Å². The van der Waals surface area contributed by atoms with Gasteiger partial charge in [0.2, 0.25) is 0 Å². The van der Waals surface area contributed by atoms with Crippen molar-refractivity contribution in [2.45, 2.75) is 6.92 Å². The molecule has 0 saturated carbocycles. The Bertz CT molecular complexity index is 237. The normalized spacial score (nSPS) is 17.4. The quantitative estimate of drug-likeness (QED) is 0.612. The van der Waals surface area contributed by atoms with Gasteiger partial charge < -0.3 is 14.2 Å². The van der Waals surface area contributed by atoms with Gasteiger partial charge in [-0.2, -0.15) is 0 Å². The Hall–Kier alpha value is -0.870. The van der Waals surface area contributed by atoms with E-state index in [9.17, 15) is 0 Å². The molecule has 14 heavy (non-hydrogen) atoms. The highest BCUT2D eigenvalue weighted by Gasteiger charge is 2.02. The van der Waals surface area contributed by atoms with E-state index >= 15 is 0 Å². The number of hydrogen-bond acceptors (Lipinski definition) is 3. The molecule has 0 aromatic carbocycles. The first-order valence-electron chi connectivity index (χ1n) is 4.89. The smallest absolute Gasteiger partial charge is 0.0946 e. The van der Waals surface area contributed by atoms with Crippen LogP contribution in [0.15, 0.2) is 12.5 Å². The number of aryl methyl sites for hydroxylation is 2. The van der Waals surface area contributed by atoms with Gasteiger partial charge in [-0.25, -0.2) is 4.98 Å². The zero-order valence-electron chi connectivity index (χ0n) is 9.23. The maximum Gasteiger partial charge on any atom is 0.0946 e. The molecule has 0 atom stereocenters. The van der Waals surface area contributed by atoms with Crippen molar-refractivity contribution in [1.29, 1.82) is 0 Å². The zero-order chi connectivity index (χ0) is 10.4. The molecule has 1 aromatic heterocycles. The van der Waals surface area contributed by atoms with E-state index in [1.165, 1.54) is 0 Å². The molecular weight excluding hydrogens is 178 g/mol. The maximum atomic E-state index is 5.10. The van der Waals surface area contributed by atoms with E-state index in [4.69, 9.17) is 4.74 Å². The van der Waals surface area contributed by atoms with Crippen molar-refractivity contribution in [1.82, 2.24) is 14.5 Å². The lowest BCUT2D eigenvalue weighted by Gasteiger charge is -2.21. The molecule has 0 amide bonds. The standard InChI is InChI=1S/C5H8N2.C5H11NO/c1-5-3-7(2)4-6-5;1-6-2-4-7-5-3-6/h3-4H,1-2H3;2-5H2,1H3. The van der Waals surface area contributed by atoms with Crippen LogP contribution >= 0.6 is 0 Å². The van der Waals surface area contributed by atoms with Crippen LogP contribution in [0.4, 0.5) is 0 Å². The Morgan fingerprint density at radius 1 is 1.29 bits per heavy atom. The lowest BCUT2D eigenvalue weighted by molar-refractivity contribution is 0.0503. The summed E-state index contributed by atoms with van der Waals surface area (Å²) in [5.74, 6) is 0. The Kier molecular flexibility index (Phi) is 4.62. The minimum absolute atomic E-state index is 0.913. The Morgan fingerprint density at radius 3 is 2.14 bits per heavy atom. The first-order chi connectivity index (χ1) is 6.68. The third kappa shape index (κ3) is 4.39. The van der Waals surface area contributed by atoms with E-state index in [1.807, 2.05) is 24.7 Å². The van der Waals surface area contributed by atoms with E-state index in [2.05, 4.69) is 16.9 Å². The van der Waals surface area contributed by atoms with Crippen LogP contribution in [0.1, 0.15) is 5.69 Å². The van der Waals surface area contributed by atoms with Crippen LogP contribution in [-0.2, 0) is 11.8 Å². The largest absolute Gasteiger partial charge is 0.379 e. The SMILES string of the molecule is CN1CCOCC1.Cc1cn(C)cn1. The molecule has 1 saturated heterocycles. The molecule has 0 unspecified atom stereocenters. The molecule has 4 nitrogen and oxygen atoms in total. The highest BCUT2D eigenvalue weighted by molar-refractivity contribution is 4.90. The number of aromatic nitrogens is 2. The molecule has 0 N–H and O–H groups in total. The van der Waals surface area contributed by atoms with Gasteiger partial charge in [-0.1, -0.05) is 0 Å². The van der Waals surface area contributed by atoms with Crippen molar-refractivity contribution in [2.75, 3.05) is 33.4 Å². The monoisotopic (exact) mass is 197 g/mol. The van der Waals surface area contributed by atoms with Crippen LogP contribution in [-0.4, -0.2) is 47.8 Å². The van der Waals surface area contributed by atoms with Crippen LogP contribution < -0.4 is 0 Å². The number of imidazole rings is 1. The summed E-state index contributed by atoms with van der Waals surface area (Å²) in [5, 5.41) is 0. The molecule has 1 aliphatic heterocycles. The number of rotatable bonds is 0. The van der Waals surface area contributed by atoms with Crippen LogP contribution in [0.5, 0.6) is 0 Å². The van der Waals surface area contributed by atoms with Gasteiger partial charge in [-0.05, 0) is 14.0 Å². The second-order valence-electron chi connectivity index (χ2n) is 3.60. The number of likely N-dealkylation sites (N-methyl/N-ethyl adjacent to an activating group) is 1. The molecular formula is C10H19N3O. The lowest BCUT2D eigenvalue weighted by atomic mass is 10.5. The van der Waals surface area contributed by atoms with Gasteiger partial charge in [0.1, 0.15) is 0 Å². The average Bonchev–Trinajstić information content (AvgIpc) is 2.52. The van der Waals surface area contributed by atoms with Gasteiger partial charge in [-0.15, -0.1) is 0 Å². The van der Waals surface area contributed by atoms with Gasteiger partial charge in [0.25, 0.3) is 0 Å². The van der Waals surface area contributed by atoms with E-state index in [0.717, 1.165) is 32.0 Å². The van der Waals surface area contributed by atoms with Crippen molar-refractivity contribution in [2.24, 2.45) is 7.05 Å². The third-order valence-corrected chi connectivity index (χ3v) is 2.07. The summed E-state index contributed by atoms with van der Waals surface area (Å²) in [6, 6.07) is 0. The summed E-state index contributed by atoms with van der Waals surface area (Å²) in [7, 11) is 4.07. The molecule has 2 heterocycles. The number of ether oxygens (including phenoxy) is 1. The van der Waals surface area contributed by atoms with E-state index in [1.54, 1.807) is 6.33 Å². The van der Waals surface area contributed by atoms with Gasteiger partial charge in [-0.3, -0.25) is 0 Å². The van der Waals surface area contributed by atoms with Gasteiger partial charge in [0, 0.05) is 26.3 Å². The van der Waals surface area contributed by atoms with Crippen LogP contribution in [0.25, 0.3) is 0 Å². The molecule has 0 bridgehead atoms. The Balaban J connectivity index is 0.000000140. The molecule has 0 spiro atoms. The first-order valence-corrected chi connectivity index (χ1v) is 4.89. The van der Waals surface area contributed by atoms with E-state index in [0.29, 0.717) is 0 Å². The fourth-order valence-electron chi connectivity index (χ4n) is 1.20. The number of hydrogen-bond donors (Lipinski definition) is 0. The fraction of sp³-hybridized carbons (Fsp3) is 0.700. The summed E-state index contributed by atoms with van der Waals surface area (Å²) in [4.78, 5) is 6.25. The molecule has 1 aliphatic rings. The minimum Gasteiger partial charge on any atom is -0.379 e. The topological polar surface area (TPSA) is 30.3 Å². The summed E-state index contributed by atoms with van der Waals surface area (Å²) >= 11 is 0. The molecule has 4 heteroatoms. The van der Waals surface area contributed by atoms with Crippen LogP contribution in [0.3, 0.4) is 0 Å². The van der Waals surface area contributed by atoms with E-state index in [-0.39, 0.29) is 0 Å². The summed E-state index contributed by atoms with van der Waals surface area (Å²) in [6.07, 6.45) is 3.76. The lowest BCUT2D eigenvalue weighted by Crippen LogP contribution is -2.32. The van der Waals surface area contributed by atoms with Crippen molar-refractivity contribution in [3.63, 3.8) is 0 Å². The van der Waals surface area contributed by atoms with Gasteiger partial charge >= 0.3 is 0 Å². The summed E-state index contributed by atoms with van der Waals surface area (Å²) < 4.78 is 7.02. The van der Waals surface area contributed by atoms with Crippen LogP contribution in [0, 0.1) is 6.92 Å². The van der Waals surface area contributed by atoms with Gasteiger partial charge in [0.05, 0.1) is 25.2 Å². The van der Waals surface area contributed by atoms with Crippen molar-refractivity contribution < 1.29 is 4.74 Å². The fourth-order valence-corrected chi connectivity index (χ4v) is 1.20. The van der Waals surface area contributed by atoms with Gasteiger partial charge in [0.15, 0.2) is 0 Å².